The largest absolute Gasteiger partial charge is 0.480 e. The number of thiocarbonyl (C=S) groups is 1. The number of aryl methyl sites for hydroxylation is 1. The second-order valence-corrected chi connectivity index (χ2v) is 11.6. The molecule has 0 bridgehead atoms. The van der Waals surface area contributed by atoms with Crippen molar-refractivity contribution in [3.05, 3.63) is 51.6 Å². The molecular weight excluding hydrogens is 595 g/mol. The van der Waals surface area contributed by atoms with Gasteiger partial charge in [0.25, 0.3) is 5.91 Å². The van der Waals surface area contributed by atoms with E-state index in [0.717, 1.165) is 15.8 Å². The van der Waals surface area contributed by atoms with E-state index in [-0.39, 0.29) is 37.3 Å². The van der Waals surface area contributed by atoms with Crippen molar-refractivity contribution in [1.29, 1.82) is 0 Å². The zero-order valence-electron chi connectivity index (χ0n) is 21.6. The molecular formula is C25H25N5O8S3. The minimum Gasteiger partial charge on any atom is -0.480 e. The maximum absolute atomic E-state index is 13.3. The number of aromatic nitrogens is 2. The van der Waals surface area contributed by atoms with Gasteiger partial charge in [-0.2, -0.15) is 0 Å². The van der Waals surface area contributed by atoms with E-state index < -0.39 is 46.8 Å². The monoisotopic (exact) mass is 619 g/mol. The van der Waals surface area contributed by atoms with E-state index in [9.17, 15) is 34.2 Å². The number of thioether (sulfide) groups is 1. The molecule has 0 saturated carbocycles. The molecule has 41 heavy (non-hydrogen) atoms. The smallest absolute Gasteiger partial charge is 0.408 e. The van der Waals surface area contributed by atoms with Crippen LogP contribution in [0.25, 0.3) is 5.57 Å². The molecule has 3 atom stereocenters. The minimum atomic E-state index is -1.61. The highest BCUT2D eigenvalue weighted by Gasteiger charge is 2.64. The van der Waals surface area contributed by atoms with Crippen molar-refractivity contribution in [3.8, 4) is 0 Å². The molecule has 0 aliphatic carbocycles. The lowest BCUT2D eigenvalue weighted by atomic mass is 9.87. The number of hydrogen-bond acceptors (Lipinski definition) is 11. The topological polar surface area (TPSA) is 188 Å². The third-order valence-corrected chi connectivity index (χ3v) is 8.95. The first-order valence-corrected chi connectivity index (χ1v) is 14.6. The van der Waals surface area contributed by atoms with E-state index in [1.165, 1.54) is 23.1 Å². The highest BCUT2D eigenvalue weighted by atomic mass is 32.2. The first kappa shape index (κ1) is 30.1. The third kappa shape index (κ3) is 6.39. The van der Waals surface area contributed by atoms with Crippen LogP contribution < -0.4 is 10.6 Å². The second kappa shape index (κ2) is 12.7. The van der Waals surface area contributed by atoms with E-state index >= 15 is 0 Å². The van der Waals surface area contributed by atoms with Gasteiger partial charge >= 0.3 is 18.0 Å². The summed E-state index contributed by atoms with van der Waals surface area (Å²) in [6, 6.07) is 7.56. The molecule has 16 heteroatoms. The molecule has 0 radical (unpaired) electrons. The van der Waals surface area contributed by atoms with Crippen LogP contribution in [0.5, 0.6) is 0 Å². The molecule has 4 N–H and O–H groups in total. The summed E-state index contributed by atoms with van der Waals surface area (Å²) >= 11 is 7.55. The van der Waals surface area contributed by atoms with E-state index in [1.54, 1.807) is 31.2 Å². The van der Waals surface area contributed by atoms with Gasteiger partial charge in [-0.15, -0.1) is 22.0 Å². The van der Waals surface area contributed by atoms with Gasteiger partial charge < -0.3 is 25.6 Å². The van der Waals surface area contributed by atoms with E-state index in [4.69, 9.17) is 17.0 Å². The molecule has 1 aromatic heterocycles. The van der Waals surface area contributed by atoms with Gasteiger partial charge in [-0.05, 0) is 25.3 Å². The Morgan fingerprint density at radius 1 is 1.24 bits per heavy atom. The van der Waals surface area contributed by atoms with Gasteiger partial charge in [0.2, 0.25) is 5.91 Å². The number of fused-ring (bicyclic) bond motifs is 1. The van der Waals surface area contributed by atoms with Crippen molar-refractivity contribution in [2.75, 3.05) is 5.75 Å². The summed E-state index contributed by atoms with van der Waals surface area (Å²) in [5.41, 5.74) is -0.745. The number of carboxylic acid groups (broad SMARTS) is 2. The molecule has 3 amide bonds. The Hall–Kier alpha value is -3.89. The standard InChI is InChI=1S/C25H25N5O8S3/c1-13-28-29-19(41-13)15-11-40-23-25(12-39,22(36)30(23)18(15)21(34)35)27-17(31)9-5-8-16(20(32)33)26-24(37)38-10-14-6-3-2-4-7-14/h2-4,6-7,12,16,23H,5,8-11H2,1H3,(H,26,37)(H,27,31)(H,32,33)(H,34,35)/t16?,23-,25+/m0/s1. The molecule has 3 heterocycles. The van der Waals surface area contributed by atoms with Crippen LogP contribution >= 0.6 is 35.3 Å². The van der Waals surface area contributed by atoms with Crippen molar-refractivity contribution >= 4 is 76.1 Å². The van der Waals surface area contributed by atoms with Crippen LogP contribution in [-0.2, 0) is 30.5 Å². The van der Waals surface area contributed by atoms with Gasteiger partial charge in [-0.3, -0.25) is 14.5 Å². The maximum atomic E-state index is 13.3. The Morgan fingerprint density at radius 2 is 1.98 bits per heavy atom. The summed E-state index contributed by atoms with van der Waals surface area (Å²) in [5, 5.41) is 33.6. The number of rotatable bonds is 12. The number of aliphatic carboxylic acids is 2. The minimum absolute atomic E-state index is 0.0358. The average Bonchev–Trinajstić information content (AvgIpc) is 3.39. The number of carbonyl (C=O) groups is 5. The van der Waals surface area contributed by atoms with E-state index in [1.807, 2.05) is 6.07 Å². The summed E-state index contributed by atoms with van der Waals surface area (Å²) < 4.78 is 5.06. The molecule has 13 nitrogen and oxygen atoms in total. The van der Waals surface area contributed by atoms with Crippen molar-refractivity contribution < 1.29 is 38.9 Å². The number of nitrogens with one attached hydrogen (secondary N) is 2. The van der Waals surface area contributed by atoms with Crippen LogP contribution in [0, 0.1) is 6.92 Å². The number of carbonyl (C=O) groups excluding carboxylic acids is 3. The number of benzene rings is 1. The van der Waals surface area contributed by atoms with Gasteiger partial charge in [-0.1, -0.05) is 53.9 Å². The quantitative estimate of drug-likeness (QED) is 0.200. The number of alkyl carbamates (subject to hydrolysis) is 1. The highest BCUT2D eigenvalue weighted by Crippen LogP contribution is 2.48. The molecule has 4 rings (SSSR count). The fraction of sp³-hybridized carbons (Fsp3) is 0.360. The summed E-state index contributed by atoms with van der Waals surface area (Å²) in [6.45, 7) is 1.70. The van der Waals surface area contributed by atoms with Crippen molar-refractivity contribution in [1.82, 2.24) is 25.7 Å². The lowest BCUT2D eigenvalue weighted by molar-refractivity contribution is -0.153. The van der Waals surface area contributed by atoms with Crippen LogP contribution in [0.15, 0.2) is 36.0 Å². The molecule has 2 aliphatic heterocycles. The molecule has 1 unspecified atom stereocenters. The lowest BCUT2D eigenvalue weighted by Crippen LogP contribution is -2.80. The Kier molecular flexibility index (Phi) is 9.35. The van der Waals surface area contributed by atoms with Gasteiger partial charge in [0.05, 0.1) is 0 Å². The number of ether oxygens (including phenoxy) is 1. The summed E-state index contributed by atoms with van der Waals surface area (Å²) in [7, 11) is 0. The van der Waals surface area contributed by atoms with E-state index in [2.05, 4.69) is 20.8 Å². The van der Waals surface area contributed by atoms with Crippen LogP contribution in [0.2, 0.25) is 0 Å². The molecule has 1 fully saturated rings. The third-order valence-electron chi connectivity index (χ3n) is 6.33. The second-order valence-electron chi connectivity index (χ2n) is 9.12. The van der Waals surface area contributed by atoms with Gasteiger partial charge in [0.1, 0.15) is 33.7 Å². The fourth-order valence-corrected chi connectivity index (χ4v) is 6.98. The molecule has 2 aliphatic rings. The predicted octanol–water partition coefficient (Wildman–Crippen LogP) is 1.96. The highest BCUT2D eigenvalue weighted by molar-refractivity contribution is 8.00. The molecule has 1 aromatic carbocycles. The Labute approximate surface area is 247 Å². The average molecular weight is 620 g/mol. The molecule has 0 spiro atoms. The van der Waals surface area contributed by atoms with Crippen molar-refractivity contribution in [2.24, 2.45) is 0 Å². The lowest BCUT2D eigenvalue weighted by Gasteiger charge is -2.55. The van der Waals surface area contributed by atoms with Crippen LogP contribution in [-0.4, -0.2) is 83.2 Å². The summed E-state index contributed by atoms with van der Waals surface area (Å²) in [5.74, 6) is -3.68. The fourth-order valence-electron chi connectivity index (χ4n) is 4.34. The Balaban J connectivity index is 1.34. The number of nitrogens with zero attached hydrogens (tertiary/aromatic N) is 3. The summed E-state index contributed by atoms with van der Waals surface area (Å²) in [4.78, 5) is 63.0. The van der Waals surface area contributed by atoms with E-state index in [0.29, 0.717) is 15.6 Å². The van der Waals surface area contributed by atoms with Crippen LogP contribution in [0.3, 0.4) is 0 Å². The number of β-lactam (4-membered cyclic amide) rings is 1. The molecule has 1 saturated heterocycles. The number of amides is 3. The van der Waals surface area contributed by atoms with Crippen LogP contribution in [0.1, 0.15) is 34.8 Å². The maximum Gasteiger partial charge on any atom is 0.408 e. The predicted molar refractivity (Wildman–Crippen MR) is 152 cm³/mol. The van der Waals surface area contributed by atoms with Crippen LogP contribution in [0.4, 0.5) is 4.79 Å². The Morgan fingerprint density at radius 3 is 2.59 bits per heavy atom. The zero-order chi connectivity index (χ0) is 29.7. The molecule has 216 valence electrons. The van der Waals surface area contributed by atoms with Crippen molar-refractivity contribution in [3.63, 3.8) is 0 Å². The summed E-state index contributed by atoms with van der Waals surface area (Å²) in [6.07, 6.45) is -1.10. The normalized spacial score (nSPS) is 20.4. The number of carboxylic acids is 2. The first-order valence-electron chi connectivity index (χ1n) is 12.3. The zero-order valence-corrected chi connectivity index (χ0v) is 24.0. The molecule has 2 aromatic rings. The van der Waals surface area contributed by atoms with Gasteiger partial charge in [-0.25, -0.2) is 14.4 Å². The Bertz CT molecular complexity index is 1410. The SMILES string of the molecule is Cc1nnc(C2=C(C(=O)O)N3C(=O)[C@@](C=S)(NC(=O)CCCC(NC(=O)OCc4ccccc4)C(=O)O)[C@@H]3SC2)s1. The number of hydrogen-bond donors (Lipinski definition) is 4. The van der Waals surface area contributed by atoms with Gasteiger partial charge in [0.15, 0.2) is 5.54 Å². The first-order chi connectivity index (χ1) is 19.6. The van der Waals surface area contributed by atoms with Crippen molar-refractivity contribution in [2.45, 2.75) is 49.7 Å². The van der Waals surface area contributed by atoms with Gasteiger partial charge in [0, 0.05) is 23.1 Å².